The van der Waals surface area contributed by atoms with Gasteiger partial charge in [-0.15, -0.1) is 10.2 Å². The van der Waals surface area contributed by atoms with Gasteiger partial charge in [0.25, 0.3) is 5.16 Å². The van der Waals surface area contributed by atoms with Crippen LogP contribution in [0.5, 0.6) is 0 Å². The van der Waals surface area contributed by atoms with Crippen LogP contribution >= 0.6 is 11.6 Å². The van der Waals surface area contributed by atoms with Crippen molar-refractivity contribution >= 4 is 37.9 Å². The summed E-state index contributed by atoms with van der Waals surface area (Å²) in [7, 11) is -3.58. The molecule has 2 heterocycles. The SMILES string of the molecule is CS(=O)(=O)c1nnc2c(=O)c3ccc(Cl)cc3ccn12. The first-order chi connectivity index (χ1) is 9.38. The number of benzene rings is 1. The topological polar surface area (TPSA) is 81.4 Å². The van der Waals surface area contributed by atoms with E-state index in [1.54, 1.807) is 24.3 Å². The van der Waals surface area contributed by atoms with Gasteiger partial charge in [0.15, 0.2) is 0 Å². The fourth-order valence-electron chi connectivity index (χ4n) is 1.97. The lowest BCUT2D eigenvalue weighted by Crippen LogP contribution is -2.05. The molecular formula is C12H8ClN3O3S. The fourth-order valence-corrected chi connectivity index (χ4v) is 2.85. The van der Waals surface area contributed by atoms with E-state index in [9.17, 15) is 13.2 Å². The van der Waals surface area contributed by atoms with Gasteiger partial charge in [0.05, 0.1) is 0 Å². The van der Waals surface area contributed by atoms with Crippen molar-refractivity contribution in [1.82, 2.24) is 14.6 Å². The van der Waals surface area contributed by atoms with Crippen molar-refractivity contribution in [1.29, 1.82) is 0 Å². The van der Waals surface area contributed by atoms with Crippen LogP contribution in [-0.2, 0) is 9.84 Å². The van der Waals surface area contributed by atoms with E-state index in [-0.39, 0.29) is 10.8 Å². The Labute approximate surface area is 118 Å². The monoisotopic (exact) mass is 309 g/mol. The Hall–Kier alpha value is -1.99. The predicted molar refractivity (Wildman–Crippen MR) is 74.9 cm³/mol. The molecule has 0 radical (unpaired) electrons. The zero-order valence-corrected chi connectivity index (χ0v) is 11.8. The molecule has 0 saturated carbocycles. The first-order valence-corrected chi connectivity index (χ1v) is 7.82. The molecule has 0 spiro atoms. The van der Waals surface area contributed by atoms with Gasteiger partial charge in [0, 0.05) is 22.9 Å². The quantitative estimate of drug-likeness (QED) is 0.677. The summed E-state index contributed by atoms with van der Waals surface area (Å²) in [6, 6.07) is 6.41. The number of sulfone groups is 1. The molecule has 0 aliphatic heterocycles. The van der Waals surface area contributed by atoms with E-state index >= 15 is 0 Å². The van der Waals surface area contributed by atoms with Gasteiger partial charge < -0.3 is 0 Å². The average molecular weight is 310 g/mol. The van der Waals surface area contributed by atoms with E-state index in [4.69, 9.17) is 11.6 Å². The van der Waals surface area contributed by atoms with Gasteiger partial charge in [0.2, 0.25) is 20.9 Å². The molecule has 6 nitrogen and oxygen atoms in total. The molecule has 0 unspecified atom stereocenters. The zero-order chi connectivity index (χ0) is 14.5. The number of hydrogen-bond donors (Lipinski definition) is 0. The second-order valence-corrected chi connectivity index (χ2v) is 6.67. The lowest BCUT2D eigenvalue weighted by molar-refractivity contribution is 0.591. The average Bonchev–Trinajstić information content (AvgIpc) is 2.74. The lowest BCUT2D eigenvalue weighted by atomic mass is 10.2. The normalized spacial score (nSPS) is 12.1. The molecule has 0 N–H and O–H groups in total. The number of fused-ring (bicyclic) bond motifs is 2. The smallest absolute Gasteiger partial charge is 0.253 e. The molecule has 3 rings (SSSR count). The summed E-state index contributed by atoms with van der Waals surface area (Å²) < 4.78 is 24.4. The molecule has 0 saturated heterocycles. The van der Waals surface area contributed by atoms with E-state index in [0.29, 0.717) is 15.8 Å². The van der Waals surface area contributed by atoms with Gasteiger partial charge in [-0.25, -0.2) is 8.42 Å². The minimum Gasteiger partial charge on any atom is -0.285 e. The highest BCUT2D eigenvalue weighted by molar-refractivity contribution is 7.90. The van der Waals surface area contributed by atoms with E-state index in [2.05, 4.69) is 10.2 Å². The van der Waals surface area contributed by atoms with Crippen molar-refractivity contribution in [3.8, 4) is 0 Å². The fraction of sp³-hybridized carbons (Fsp3) is 0.0833. The van der Waals surface area contributed by atoms with Crippen molar-refractivity contribution < 1.29 is 8.42 Å². The Kier molecular flexibility index (Phi) is 2.77. The molecule has 0 amide bonds. The zero-order valence-electron chi connectivity index (χ0n) is 10.2. The molecule has 8 heteroatoms. The third-order valence-corrected chi connectivity index (χ3v) is 4.04. The largest absolute Gasteiger partial charge is 0.285 e. The molecule has 3 aromatic rings. The maximum Gasteiger partial charge on any atom is 0.253 e. The second-order valence-electron chi connectivity index (χ2n) is 4.32. The number of rotatable bonds is 1. The minimum atomic E-state index is -3.58. The van der Waals surface area contributed by atoms with Crippen molar-refractivity contribution in [2.75, 3.05) is 6.26 Å². The van der Waals surface area contributed by atoms with Gasteiger partial charge in [-0.2, -0.15) is 0 Å². The van der Waals surface area contributed by atoms with Crippen LogP contribution in [0.15, 0.2) is 40.4 Å². The molecule has 102 valence electrons. The van der Waals surface area contributed by atoms with Crippen LogP contribution in [0.2, 0.25) is 5.02 Å². The Balaban J connectivity index is 2.58. The van der Waals surface area contributed by atoms with Crippen LogP contribution in [0.25, 0.3) is 16.4 Å². The highest BCUT2D eigenvalue weighted by Gasteiger charge is 2.17. The summed E-state index contributed by atoms with van der Waals surface area (Å²) in [6.45, 7) is 0. The summed E-state index contributed by atoms with van der Waals surface area (Å²) in [5.74, 6) is 0. The van der Waals surface area contributed by atoms with E-state index in [0.717, 1.165) is 6.26 Å². The Morgan fingerprint density at radius 3 is 2.65 bits per heavy atom. The van der Waals surface area contributed by atoms with Crippen LogP contribution in [0.4, 0.5) is 0 Å². The van der Waals surface area contributed by atoms with Crippen LogP contribution in [-0.4, -0.2) is 29.3 Å². The van der Waals surface area contributed by atoms with Crippen molar-refractivity contribution in [2.24, 2.45) is 0 Å². The molecule has 0 atom stereocenters. The van der Waals surface area contributed by atoms with Gasteiger partial charge in [-0.05, 0) is 29.7 Å². The molecule has 1 aromatic carbocycles. The molecular weight excluding hydrogens is 302 g/mol. The maximum atomic E-state index is 12.4. The first kappa shape index (κ1) is 13.0. The minimum absolute atomic E-state index is 0.0391. The lowest BCUT2D eigenvalue weighted by Gasteiger charge is -1.92. The van der Waals surface area contributed by atoms with Crippen molar-refractivity contribution in [3.05, 3.63) is 45.7 Å². The van der Waals surface area contributed by atoms with Crippen LogP contribution in [0, 0.1) is 0 Å². The van der Waals surface area contributed by atoms with Crippen molar-refractivity contribution in [2.45, 2.75) is 5.16 Å². The van der Waals surface area contributed by atoms with Crippen LogP contribution in [0.3, 0.4) is 0 Å². The van der Waals surface area contributed by atoms with Gasteiger partial charge in [-0.1, -0.05) is 11.6 Å². The summed E-state index contributed by atoms with van der Waals surface area (Å²) >= 11 is 5.89. The standard InChI is InChI=1S/C12H8ClN3O3S/c1-20(18,19)12-15-14-11-10(17)9-3-2-8(13)6-7(9)4-5-16(11)12/h2-6H,1H3. The summed E-state index contributed by atoms with van der Waals surface area (Å²) in [5.41, 5.74) is -0.438. The first-order valence-electron chi connectivity index (χ1n) is 5.55. The number of halogens is 1. The third-order valence-electron chi connectivity index (χ3n) is 2.86. The Morgan fingerprint density at radius 1 is 1.20 bits per heavy atom. The molecule has 0 aliphatic rings. The van der Waals surface area contributed by atoms with Crippen LogP contribution < -0.4 is 5.43 Å². The molecule has 0 fully saturated rings. The van der Waals surface area contributed by atoms with Crippen LogP contribution in [0.1, 0.15) is 0 Å². The Bertz CT molecular complexity index is 1010. The van der Waals surface area contributed by atoms with Crippen molar-refractivity contribution in [3.63, 3.8) is 0 Å². The maximum absolute atomic E-state index is 12.4. The number of hydrogen-bond acceptors (Lipinski definition) is 5. The molecule has 0 aliphatic carbocycles. The van der Waals surface area contributed by atoms with Gasteiger partial charge in [0.1, 0.15) is 0 Å². The van der Waals surface area contributed by atoms with Gasteiger partial charge >= 0.3 is 0 Å². The predicted octanol–water partition coefficient (Wildman–Crippen LogP) is 1.30. The highest BCUT2D eigenvalue weighted by atomic mass is 35.5. The van der Waals surface area contributed by atoms with E-state index in [1.165, 1.54) is 10.6 Å². The second kappa shape index (κ2) is 4.26. The summed E-state index contributed by atoms with van der Waals surface area (Å²) in [5, 5.41) is 8.49. The molecule has 20 heavy (non-hydrogen) atoms. The number of nitrogens with zero attached hydrogens (tertiary/aromatic N) is 3. The Morgan fingerprint density at radius 2 is 1.95 bits per heavy atom. The summed E-state index contributed by atoms with van der Waals surface area (Å²) in [4.78, 5) is 12.4. The number of aromatic nitrogens is 3. The van der Waals surface area contributed by atoms with Gasteiger partial charge in [-0.3, -0.25) is 9.20 Å². The van der Waals surface area contributed by atoms with E-state index < -0.39 is 15.3 Å². The third kappa shape index (κ3) is 1.95. The summed E-state index contributed by atoms with van der Waals surface area (Å²) in [6.07, 6.45) is 2.46. The molecule has 0 bridgehead atoms. The van der Waals surface area contributed by atoms with E-state index in [1.807, 2.05) is 0 Å². The molecule has 2 aromatic heterocycles. The highest BCUT2D eigenvalue weighted by Crippen LogP contribution is 2.17.